The third-order valence-electron chi connectivity index (χ3n) is 2.85. The quantitative estimate of drug-likeness (QED) is 0.651. The lowest BCUT2D eigenvalue weighted by Crippen LogP contribution is -2.29. The lowest BCUT2D eigenvalue weighted by Gasteiger charge is -2.15. The van der Waals surface area contributed by atoms with Crippen LogP contribution in [-0.2, 0) is 13.0 Å². The second kappa shape index (κ2) is 5.92. The maximum Gasteiger partial charge on any atom is 0.0794 e. The normalized spacial score (nSPS) is 12.9. The molecule has 2 aromatic rings. The molecule has 0 radical (unpaired) electrons. The molecule has 0 saturated heterocycles. The third-order valence-corrected chi connectivity index (χ3v) is 4.77. The van der Waals surface area contributed by atoms with Crippen LogP contribution in [0, 0.1) is 6.92 Å². The predicted octanol–water partition coefficient (Wildman–Crippen LogP) is 2.18. The molecule has 0 aliphatic heterocycles. The van der Waals surface area contributed by atoms with Crippen LogP contribution in [-0.4, -0.2) is 14.8 Å². The molecule has 0 fully saturated rings. The Morgan fingerprint density at radius 3 is 2.94 bits per heavy atom. The number of hydrogen-bond acceptors (Lipinski definition) is 5. The van der Waals surface area contributed by atoms with Gasteiger partial charge in [-0.2, -0.15) is 5.10 Å². The van der Waals surface area contributed by atoms with Gasteiger partial charge in [0.1, 0.15) is 0 Å². The molecule has 7 heteroatoms. The molecule has 0 bridgehead atoms. The van der Waals surface area contributed by atoms with Gasteiger partial charge in [0.2, 0.25) is 0 Å². The van der Waals surface area contributed by atoms with Crippen molar-refractivity contribution in [3.63, 3.8) is 0 Å². The number of thiazole rings is 1. The number of rotatable bonds is 5. The minimum absolute atomic E-state index is 0.0650. The highest BCUT2D eigenvalue weighted by Crippen LogP contribution is 2.27. The lowest BCUT2D eigenvalue weighted by atomic mass is 10.1. The Kier molecular flexibility index (Phi) is 4.50. The molecule has 1 atom stereocenters. The van der Waals surface area contributed by atoms with Crippen LogP contribution >= 0.6 is 27.3 Å². The fourth-order valence-electron chi connectivity index (χ4n) is 1.90. The zero-order valence-electron chi connectivity index (χ0n) is 10.4. The van der Waals surface area contributed by atoms with E-state index in [0.717, 1.165) is 33.7 Å². The molecule has 0 aromatic carbocycles. The van der Waals surface area contributed by atoms with Gasteiger partial charge in [-0.15, -0.1) is 11.3 Å². The molecule has 2 rings (SSSR count). The summed E-state index contributed by atoms with van der Waals surface area (Å²) in [5.74, 6) is 5.64. The van der Waals surface area contributed by atoms with Crippen molar-refractivity contribution in [1.82, 2.24) is 20.2 Å². The largest absolute Gasteiger partial charge is 0.271 e. The zero-order valence-corrected chi connectivity index (χ0v) is 12.8. The summed E-state index contributed by atoms with van der Waals surface area (Å²) in [7, 11) is 0. The topological polar surface area (TPSA) is 68.8 Å². The minimum Gasteiger partial charge on any atom is -0.271 e. The first kappa shape index (κ1) is 13.7. The van der Waals surface area contributed by atoms with Gasteiger partial charge in [-0.25, -0.2) is 0 Å². The van der Waals surface area contributed by atoms with E-state index in [2.05, 4.69) is 38.4 Å². The van der Waals surface area contributed by atoms with Gasteiger partial charge in [0.25, 0.3) is 0 Å². The molecule has 0 amide bonds. The number of aryl methyl sites for hydroxylation is 2. The monoisotopic (exact) mass is 329 g/mol. The van der Waals surface area contributed by atoms with E-state index in [4.69, 9.17) is 5.84 Å². The van der Waals surface area contributed by atoms with Crippen LogP contribution in [0.1, 0.15) is 29.2 Å². The summed E-state index contributed by atoms with van der Waals surface area (Å²) in [6.45, 7) is 4.93. The van der Waals surface area contributed by atoms with E-state index in [1.807, 2.05) is 23.3 Å². The van der Waals surface area contributed by atoms with Crippen LogP contribution in [0.2, 0.25) is 0 Å². The van der Waals surface area contributed by atoms with Crippen molar-refractivity contribution in [2.24, 2.45) is 5.84 Å². The Balaban J connectivity index is 2.27. The number of hydrogen-bond donors (Lipinski definition) is 2. The van der Waals surface area contributed by atoms with E-state index < -0.39 is 0 Å². The predicted molar refractivity (Wildman–Crippen MR) is 76.2 cm³/mol. The molecule has 98 valence electrons. The van der Waals surface area contributed by atoms with Crippen LogP contribution in [0.5, 0.6) is 0 Å². The minimum atomic E-state index is 0.0650. The van der Waals surface area contributed by atoms with E-state index >= 15 is 0 Å². The fraction of sp³-hybridized carbons (Fsp3) is 0.455. The first-order chi connectivity index (χ1) is 8.67. The van der Waals surface area contributed by atoms with Crippen molar-refractivity contribution in [3.05, 3.63) is 32.4 Å². The molecule has 3 N–H and O–H groups in total. The van der Waals surface area contributed by atoms with Crippen LogP contribution in [0.3, 0.4) is 0 Å². The second-order valence-electron chi connectivity index (χ2n) is 3.99. The van der Waals surface area contributed by atoms with Gasteiger partial charge < -0.3 is 0 Å². The average Bonchev–Trinajstić information content (AvgIpc) is 2.98. The maximum atomic E-state index is 5.64. The van der Waals surface area contributed by atoms with Crippen molar-refractivity contribution in [3.8, 4) is 0 Å². The Labute approximate surface area is 119 Å². The lowest BCUT2D eigenvalue weighted by molar-refractivity contribution is 0.521. The first-order valence-corrected chi connectivity index (χ1v) is 7.40. The van der Waals surface area contributed by atoms with Crippen LogP contribution in [0.4, 0.5) is 0 Å². The van der Waals surface area contributed by atoms with E-state index in [1.54, 1.807) is 11.3 Å². The summed E-state index contributed by atoms with van der Waals surface area (Å²) in [4.78, 5) is 5.22. The zero-order chi connectivity index (χ0) is 13.1. The average molecular weight is 330 g/mol. The van der Waals surface area contributed by atoms with Gasteiger partial charge in [-0.05, 0) is 29.8 Å². The summed E-state index contributed by atoms with van der Waals surface area (Å²) in [6, 6.07) is 0.0650. The van der Waals surface area contributed by atoms with Gasteiger partial charge >= 0.3 is 0 Å². The fourth-order valence-corrected chi connectivity index (χ4v) is 3.02. The number of hydrazine groups is 1. The molecule has 0 aliphatic carbocycles. The second-order valence-corrected chi connectivity index (χ2v) is 5.70. The number of nitrogens with zero attached hydrogens (tertiary/aromatic N) is 3. The maximum absolute atomic E-state index is 5.64. The van der Waals surface area contributed by atoms with Gasteiger partial charge in [0.15, 0.2) is 0 Å². The van der Waals surface area contributed by atoms with Crippen molar-refractivity contribution in [2.45, 2.75) is 32.9 Å². The summed E-state index contributed by atoms with van der Waals surface area (Å²) < 4.78 is 3.07. The highest BCUT2D eigenvalue weighted by atomic mass is 79.9. The molecule has 18 heavy (non-hydrogen) atoms. The number of nitrogens with one attached hydrogen (secondary N) is 1. The van der Waals surface area contributed by atoms with Crippen LogP contribution in [0.25, 0.3) is 0 Å². The smallest absolute Gasteiger partial charge is 0.0794 e. The molecule has 0 aliphatic rings. The standard InChI is InChI=1S/C11H16BrN5S/c1-3-17-9(11(12)7(2)16-17)4-8(15-13)10-5-14-6-18-10/h5-6,8,15H,3-4,13H2,1-2H3. The van der Waals surface area contributed by atoms with E-state index in [-0.39, 0.29) is 6.04 Å². The van der Waals surface area contributed by atoms with Crippen molar-refractivity contribution in [2.75, 3.05) is 0 Å². The van der Waals surface area contributed by atoms with Gasteiger partial charge in [0, 0.05) is 24.0 Å². The SMILES string of the molecule is CCn1nc(C)c(Br)c1CC(NN)c1cncs1. The Hall–Kier alpha value is -0.760. The number of nitrogens with two attached hydrogens (primary N) is 1. The molecular weight excluding hydrogens is 314 g/mol. The molecule has 2 aromatic heterocycles. The van der Waals surface area contributed by atoms with Gasteiger partial charge in [-0.3, -0.25) is 20.9 Å². The molecule has 2 heterocycles. The number of aromatic nitrogens is 3. The Bertz CT molecular complexity index is 508. The van der Waals surface area contributed by atoms with Gasteiger partial charge in [0.05, 0.1) is 27.4 Å². The molecule has 1 unspecified atom stereocenters. The van der Waals surface area contributed by atoms with E-state index in [1.165, 1.54) is 0 Å². The summed E-state index contributed by atoms with van der Waals surface area (Å²) in [6.07, 6.45) is 2.64. The molecule has 5 nitrogen and oxygen atoms in total. The summed E-state index contributed by atoms with van der Waals surface area (Å²) in [5, 5.41) is 4.49. The van der Waals surface area contributed by atoms with Crippen molar-refractivity contribution < 1.29 is 0 Å². The molecule has 0 spiro atoms. The van der Waals surface area contributed by atoms with Crippen molar-refractivity contribution >= 4 is 27.3 Å². The summed E-state index contributed by atoms with van der Waals surface area (Å²) in [5.41, 5.74) is 6.83. The molecular formula is C11H16BrN5S. The van der Waals surface area contributed by atoms with Crippen molar-refractivity contribution in [1.29, 1.82) is 0 Å². The Morgan fingerprint density at radius 2 is 2.39 bits per heavy atom. The molecule has 0 saturated carbocycles. The van der Waals surface area contributed by atoms with E-state index in [9.17, 15) is 0 Å². The highest BCUT2D eigenvalue weighted by Gasteiger charge is 2.19. The van der Waals surface area contributed by atoms with Gasteiger partial charge in [-0.1, -0.05) is 0 Å². The van der Waals surface area contributed by atoms with Crippen LogP contribution < -0.4 is 11.3 Å². The highest BCUT2D eigenvalue weighted by molar-refractivity contribution is 9.10. The Morgan fingerprint density at radius 1 is 1.61 bits per heavy atom. The number of halogens is 1. The first-order valence-electron chi connectivity index (χ1n) is 5.73. The third kappa shape index (κ3) is 2.64. The van der Waals surface area contributed by atoms with E-state index in [0.29, 0.717) is 0 Å². The summed E-state index contributed by atoms with van der Waals surface area (Å²) >= 11 is 5.20. The van der Waals surface area contributed by atoms with Crippen LogP contribution in [0.15, 0.2) is 16.2 Å².